The lowest BCUT2D eigenvalue weighted by atomic mass is 10.2. The first-order chi connectivity index (χ1) is 13.7. The topological polar surface area (TPSA) is 70.3 Å². The van der Waals surface area contributed by atoms with Crippen molar-refractivity contribution in [2.45, 2.75) is 6.42 Å². The number of aromatic nitrogens is 2. The van der Waals surface area contributed by atoms with Gasteiger partial charge in [0.25, 0.3) is 0 Å². The number of piperazine rings is 1. The monoisotopic (exact) mass is 398 g/mol. The molecule has 0 spiro atoms. The zero-order valence-corrected chi connectivity index (χ0v) is 16.3. The van der Waals surface area contributed by atoms with E-state index in [2.05, 4.69) is 42.6 Å². The van der Waals surface area contributed by atoms with Gasteiger partial charge in [-0.05, 0) is 42.1 Å². The fourth-order valence-electron chi connectivity index (χ4n) is 3.37. The summed E-state index contributed by atoms with van der Waals surface area (Å²) < 4.78 is 13.1. The van der Waals surface area contributed by atoms with Gasteiger partial charge in [0.1, 0.15) is 17.8 Å². The number of nitrogen functional groups attached to an aromatic ring is 1. The Morgan fingerprint density at radius 1 is 1.04 bits per heavy atom. The average molecular weight is 399 g/mol. The molecule has 1 aliphatic heterocycles. The third kappa shape index (κ3) is 4.17. The molecule has 0 radical (unpaired) electrons. The van der Waals surface area contributed by atoms with Crippen molar-refractivity contribution in [3.05, 3.63) is 58.8 Å². The lowest BCUT2D eigenvalue weighted by Crippen LogP contribution is -2.47. The zero-order chi connectivity index (χ0) is 19.3. The Morgan fingerprint density at radius 2 is 1.79 bits per heavy atom. The SMILES string of the molecule is Nc1c(NCCc2cccs2)ncnc1N1CCN(c2ccc(F)cc2)CC1. The Morgan fingerprint density at radius 3 is 2.50 bits per heavy atom. The van der Waals surface area contributed by atoms with E-state index in [1.165, 1.54) is 17.0 Å². The molecule has 0 aliphatic carbocycles. The maximum Gasteiger partial charge on any atom is 0.157 e. The highest BCUT2D eigenvalue weighted by atomic mass is 32.1. The smallest absolute Gasteiger partial charge is 0.157 e. The number of nitrogens with zero attached hydrogens (tertiary/aromatic N) is 4. The molecule has 2 aromatic heterocycles. The summed E-state index contributed by atoms with van der Waals surface area (Å²) in [6, 6.07) is 10.8. The number of nitrogens with two attached hydrogens (primary N) is 1. The van der Waals surface area contributed by atoms with Gasteiger partial charge < -0.3 is 20.9 Å². The average Bonchev–Trinajstić information content (AvgIpc) is 3.24. The number of halogens is 1. The van der Waals surface area contributed by atoms with Gasteiger partial charge >= 0.3 is 0 Å². The minimum absolute atomic E-state index is 0.213. The molecule has 1 aromatic carbocycles. The molecule has 0 bridgehead atoms. The number of hydrogen-bond acceptors (Lipinski definition) is 7. The molecule has 28 heavy (non-hydrogen) atoms. The second kappa shape index (κ2) is 8.43. The molecule has 1 fully saturated rings. The number of hydrogen-bond donors (Lipinski definition) is 2. The molecule has 146 valence electrons. The van der Waals surface area contributed by atoms with Crippen molar-refractivity contribution in [1.82, 2.24) is 9.97 Å². The van der Waals surface area contributed by atoms with Crippen LogP contribution in [0.5, 0.6) is 0 Å². The number of anilines is 4. The van der Waals surface area contributed by atoms with Crippen molar-refractivity contribution in [3.8, 4) is 0 Å². The Labute approximate surface area is 167 Å². The molecule has 1 aliphatic rings. The number of benzene rings is 1. The van der Waals surface area contributed by atoms with Crippen molar-refractivity contribution in [2.24, 2.45) is 0 Å². The number of thiophene rings is 1. The first-order valence-corrected chi connectivity index (χ1v) is 10.2. The lowest BCUT2D eigenvalue weighted by Gasteiger charge is -2.37. The fourth-order valence-corrected chi connectivity index (χ4v) is 4.08. The standard InChI is InChI=1S/C20H23FN6S/c21-15-3-5-16(6-4-15)26-9-11-27(12-10-26)20-18(22)19(24-14-25-20)23-8-7-17-2-1-13-28-17/h1-6,13-14H,7-12,22H2,(H,23,24,25). The third-order valence-electron chi connectivity index (χ3n) is 4.88. The Kier molecular flexibility index (Phi) is 5.57. The van der Waals surface area contributed by atoms with Crippen LogP contribution in [0, 0.1) is 5.82 Å². The van der Waals surface area contributed by atoms with E-state index >= 15 is 0 Å². The summed E-state index contributed by atoms with van der Waals surface area (Å²) in [5.74, 6) is 1.24. The van der Waals surface area contributed by atoms with Gasteiger partial charge in [0.15, 0.2) is 11.6 Å². The predicted octanol–water partition coefficient (Wildman–Crippen LogP) is 3.24. The van der Waals surface area contributed by atoms with Crippen LogP contribution in [0.3, 0.4) is 0 Å². The molecular weight excluding hydrogens is 375 g/mol. The highest BCUT2D eigenvalue weighted by Crippen LogP contribution is 2.28. The first-order valence-electron chi connectivity index (χ1n) is 9.33. The molecule has 0 amide bonds. The summed E-state index contributed by atoms with van der Waals surface area (Å²) in [6.45, 7) is 4.03. The highest BCUT2D eigenvalue weighted by Gasteiger charge is 2.21. The highest BCUT2D eigenvalue weighted by molar-refractivity contribution is 7.09. The minimum atomic E-state index is -0.213. The van der Waals surface area contributed by atoms with Crippen LogP contribution in [0.4, 0.5) is 27.4 Å². The maximum absolute atomic E-state index is 13.1. The van der Waals surface area contributed by atoms with Crippen LogP contribution >= 0.6 is 11.3 Å². The number of rotatable bonds is 6. The van der Waals surface area contributed by atoms with E-state index in [1.54, 1.807) is 17.7 Å². The van der Waals surface area contributed by atoms with E-state index in [-0.39, 0.29) is 5.82 Å². The van der Waals surface area contributed by atoms with E-state index in [0.29, 0.717) is 11.5 Å². The maximum atomic E-state index is 13.1. The first kappa shape index (κ1) is 18.5. The van der Waals surface area contributed by atoms with Gasteiger partial charge in [-0.1, -0.05) is 6.07 Å². The molecular formula is C20H23FN6S. The fraction of sp³-hybridized carbons (Fsp3) is 0.300. The molecule has 6 nitrogen and oxygen atoms in total. The van der Waals surface area contributed by atoms with Crippen molar-refractivity contribution in [2.75, 3.05) is 53.6 Å². The van der Waals surface area contributed by atoms with Gasteiger partial charge in [-0.3, -0.25) is 0 Å². The summed E-state index contributed by atoms with van der Waals surface area (Å²) in [5.41, 5.74) is 7.98. The molecule has 4 rings (SSSR count). The molecule has 3 aromatic rings. The van der Waals surface area contributed by atoms with Crippen molar-refractivity contribution in [3.63, 3.8) is 0 Å². The van der Waals surface area contributed by atoms with Gasteiger partial charge in [-0.25, -0.2) is 14.4 Å². The normalized spacial score (nSPS) is 14.3. The van der Waals surface area contributed by atoms with Crippen LogP contribution in [0.1, 0.15) is 4.88 Å². The quantitative estimate of drug-likeness (QED) is 0.664. The van der Waals surface area contributed by atoms with Crippen LogP contribution in [-0.4, -0.2) is 42.7 Å². The summed E-state index contributed by atoms with van der Waals surface area (Å²) in [5, 5.41) is 5.41. The minimum Gasteiger partial charge on any atom is -0.393 e. The van der Waals surface area contributed by atoms with Gasteiger partial charge in [0, 0.05) is 43.3 Å². The molecule has 3 heterocycles. The zero-order valence-electron chi connectivity index (χ0n) is 15.5. The van der Waals surface area contributed by atoms with E-state index in [0.717, 1.165) is 50.6 Å². The molecule has 8 heteroatoms. The predicted molar refractivity (Wildman–Crippen MR) is 114 cm³/mol. The van der Waals surface area contributed by atoms with E-state index in [4.69, 9.17) is 5.73 Å². The van der Waals surface area contributed by atoms with E-state index in [1.807, 2.05) is 12.1 Å². The second-order valence-electron chi connectivity index (χ2n) is 6.67. The van der Waals surface area contributed by atoms with Crippen LogP contribution in [-0.2, 0) is 6.42 Å². The summed E-state index contributed by atoms with van der Waals surface area (Å²) in [7, 11) is 0. The largest absolute Gasteiger partial charge is 0.393 e. The molecule has 0 saturated carbocycles. The summed E-state index contributed by atoms with van der Waals surface area (Å²) in [4.78, 5) is 14.5. The van der Waals surface area contributed by atoms with Crippen LogP contribution < -0.4 is 20.9 Å². The lowest BCUT2D eigenvalue weighted by molar-refractivity contribution is 0.624. The van der Waals surface area contributed by atoms with Gasteiger partial charge in [0.2, 0.25) is 0 Å². The Hall–Kier alpha value is -2.87. The Balaban J connectivity index is 1.37. The Bertz CT molecular complexity index is 892. The molecule has 0 atom stereocenters. The summed E-state index contributed by atoms with van der Waals surface area (Å²) in [6.07, 6.45) is 2.50. The summed E-state index contributed by atoms with van der Waals surface area (Å²) >= 11 is 1.75. The van der Waals surface area contributed by atoms with Crippen LogP contribution in [0.25, 0.3) is 0 Å². The molecule has 0 unspecified atom stereocenters. The van der Waals surface area contributed by atoms with Crippen LogP contribution in [0.15, 0.2) is 48.1 Å². The second-order valence-corrected chi connectivity index (χ2v) is 7.70. The van der Waals surface area contributed by atoms with Gasteiger partial charge in [0.05, 0.1) is 0 Å². The third-order valence-corrected chi connectivity index (χ3v) is 5.81. The van der Waals surface area contributed by atoms with Crippen molar-refractivity contribution >= 4 is 34.3 Å². The van der Waals surface area contributed by atoms with E-state index in [9.17, 15) is 4.39 Å². The van der Waals surface area contributed by atoms with Gasteiger partial charge in [-0.2, -0.15) is 0 Å². The van der Waals surface area contributed by atoms with Crippen LogP contribution in [0.2, 0.25) is 0 Å². The van der Waals surface area contributed by atoms with Crippen molar-refractivity contribution in [1.29, 1.82) is 0 Å². The van der Waals surface area contributed by atoms with E-state index < -0.39 is 0 Å². The molecule has 1 saturated heterocycles. The van der Waals surface area contributed by atoms with Crippen molar-refractivity contribution < 1.29 is 4.39 Å². The number of nitrogens with one attached hydrogen (secondary N) is 1. The molecule has 3 N–H and O–H groups in total. The van der Waals surface area contributed by atoms with Gasteiger partial charge in [-0.15, -0.1) is 11.3 Å².